The topological polar surface area (TPSA) is 49.4 Å². The number of nitrogens with zero attached hydrogens (tertiary/aromatic N) is 1. The molecular formula is C22H25FN2O2. The number of benzene rings is 2. The highest BCUT2D eigenvalue weighted by atomic mass is 19.1. The number of likely N-dealkylation sites (tertiary alicyclic amines) is 1. The zero-order valence-corrected chi connectivity index (χ0v) is 15.7. The molecule has 1 saturated heterocycles. The third kappa shape index (κ3) is 4.54. The van der Waals surface area contributed by atoms with Crippen molar-refractivity contribution in [3.05, 3.63) is 71.5 Å². The van der Waals surface area contributed by atoms with Gasteiger partial charge in [0.05, 0.1) is 5.92 Å². The summed E-state index contributed by atoms with van der Waals surface area (Å²) in [4.78, 5) is 27.3. The van der Waals surface area contributed by atoms with Crippen molar-refractivity contribution < 1.29 is 14.0 Å². The first-order chi connectivity index (χ1) is 13.0. The number of hydrogen-bond donors (Lipinski definition) is 1. The molecule has 1 aliphatic rings. The van der Waals surface area contributed by atoms with Crippen LogP contribution in [0.5, 0.6) is 0 Å². The Labute approximate surface area is 159 Å². The maximum absolute atomic E-state index is 13.7. The van der Waals surface area contributed by atoms with Gasteiger partial charge in [0.1, 0.15) is 5.82 Å². The lowest BCUT2D eigenvalue weighted by Gasteiger charge is -2.19. The Morgan fingerprint density at radius 3 is 2.52 bits per heavy atom. The first-order valence-corrected chi connectivity index (χ1v) is 9.33. The zero-order valence-electron chi connectivity index (χ0n) is 15.7. The Morgan fingerprint density at radius 2 is 1.85 bits per heavy atom. The monoisotopic (exact) mass is 368 g/mol. The minimum Gasteiger partial charge on any atom is -0.356 e. The summed E-state index contributed by atoms with van der Waals surface area (Å²) >= 11 is 0. The normalized spacial score (nSPS) is 19.3. The van der Waals surface area contributed by atoms with E-state index in [0.717, 1.165) is 5.56 Å². The molecule has 0 aromatic heterocycles. The third-order valence-electron chi connectivity index (χ3n) is 4.93. The summed E-state index contributed by atoms with van der Waals surface area (Å²) in [6.45, 7) is 5.38. The van der Waals surface area contributed by atoms with E-state index in [0.29, 0.717) is 31.1 Å². The lowest BCUT2D eigenvalue weighted by atomic mass is 9.88. The van der Waals surface area contributed by atoms with Gasteiger partial charge in [-0.2, -0.15) is 0 Å². The van der Waals surface area contributed by atoms with Crippen LogP contribution in [0.25, 0.3) is 0 Å². The molecule has 1 N–H and O–H groups in total. The summed E-state index contributed by atoms with van der Waals surface area (Å²) in [6.07, 6.45) is 0. The van der Waals surface area contributed by atoms with E-state index in [2.05, 4.69) is 5.32 Å². The molecule has 2 aromatic rings. The van der Waals surface area contributed by atoms with Crippen LogP contribution in [0, 0.1) is 17.7 Å². The van der Waals surface area contributed by atoms with Crippen LogP contribution in [-0.2, 0) is 4.79 Å². The van der Waals surface area contributed by atoms with Crippen molar-refractivity contribution in [2.24, 2.45) is 11.8 Å². The van der Waals surface area contributed by atoms with Crippen LogP contribution in [0.15, 0.2) is 54.6 Å². The molecule has 2 unspecified atom stereocenters. The Morgan fingerprint density at radius 1 is 1.11 bits per heavy atom. The van der Waals surface area contributed by atoms with Gasteiger partial charge in [0.15, 0.2) is 0 Å². The molecule has 5 heteroatoms. The first-order valence-electron chi connectivity index (χ1n) is 9.33. The maximum atomic E-state index is 13.7. The molecule has 0 radical (unpaired) electrons. The summed E-state index contributed by atoms with van der Waals surface area (Å²) in [5.41, 5.74) is 1.35. The van der Waals surface area contributed by atoms with E-state index < -0.39 is 5.92 Å². The van der Waals surface area contributed by atoms with Gasteiger partial charge in [-0.3, -0.25) is 9.59 Å². The molecule has 0 aliphatic carbocycles. The van der Waals surface area contributed by atoms with E-state index in [9.17, 15) is 14.0 Å². The minimum absolute atomic E-state index is 0.0821. The van der Waals surface area contributed by atoms with Crippen molar-refractivity contribution in [2.75, 3.05) is 19.6 Å². The number of halogens is 1. The van der Waals surface area contributed by atoms with Gasteiger partial charge < -0.3 is 10.2 Å². The highest BCUT2D eigenvalue weighted by Crippen LogP contribution is 2.34. The van der Waals surface area contributed by atoms with Crippen molar-refractivity contribution in [2.45, 2.75) is 19.8 Å². The number of rotatable bonds is 5. The van der Waals surface area contributed by atoms with Crippen molar-refractivity contribution in [1.29, 1.82) is 0 Å². The molecule has 4 nitrogen and oxygen atoms in total. The van der Waals surface area contributed by atoms with Gasteiger partial charge in [-0.25, -0.2) is 4.39 Å². The van der Waals surface area contributed by atoms with Crippen LogP contribution in [0.1, 0.15) is 35.7 Å². The summed E-state index contributed by atoms with van der Waals surface area (Å²) in [6, 6.07) is 15.4. The molecule has 0 spiro atoms. The number of nitrogens with one attached hydrogen (secondary N) is 1. The summed E-state index contributed by atoms with van der Waals surface area (Å²) in [5.74, 6) is -0.789. The van der Waals surface area contributed by atoms with Gasteiger partial charge in [-0.15, -0.1) is 0 Å². The van der Waals surface area contributed by atoms with Crippen LogP contribution < -0.4 is 5.32 Å². The lowest BCUT2D eigenvalue weighted by Crippen LogP contribution is -2.37. The van der Waals surface area contributed by atoms with Crippen LogP contribution in [-0.4, -0.2) is 36.3 Å². The summed E-state index contributed by atoms with van der Waals surface area (Å²) in [5, 5.41) is 2.97. The van der Waals surface area contributed by atoms with Gasteiger partial charge in [-0.05, 0) is 35.7 Å². The number of amides is 2. The summed E-state index contributed by atoms with van der Waals surface area (Å²) in [7, 11) is 0. The van der Waals surface area contributed by atoms with Crippen LogP contribution >= 0.6 is 0 Å². The lowest BCUT2D eigenvalue weighted by molar-refractivity contribution is -0.125. The molecule has 27 heavy (non-hydrogen) atoms. The summed E-state index contributed by atoms with van der Waals surface area (Å²) < 4.78 is 13.7. The van der Waals surface area contributed by atoms with E-state index in [-0.39, 0.29) is 23.5 Å². The highest BCUT2D eigenvalue weighted by molar-refractivity contribution is 5.95. The fourth-order valence-corrected chi connectivity index (χ4v) is 3.51. The fraction of sp³-hybridized carbons (Fsp3) is 0.364. The molecular weight excluding hydrogens is 343 g/mol. The van der Waals surface area contributed by atoms with E-state index in [1.165, 1.54) is 12.1 Å². The standard InChI is InChI=1S/C22H25FN2O2/c1-15(2)12-24-21(26)20-14-25(22(27)16-7-4-3-5-8-16)13-19(20)17-9-6-10-18(23)11-17/h3-11,15,19-20H,12-14H2,1-2H3,(H,24,26). The Kier molecular flexibility index (Phi) is 5.89. The van der Waals surface area contributed by atoms with Gasteiger partial charge in [0.25, 0.3) is 5.91 Å². The molecule has 2 aromatic carbocycles. The van der Waals surface area contributed by atoms with Crippen molar-refractivity contribution in [1.82, 2.24) is 10.2 Å². The predicted octanol–water partition coefficient (Wildman–Crippen LogP) is 3.45. The molecule has 1 fully saturated rings. The quantitative estimate of drug-likeness (QED) is 0.879. The largest absolute Gasteiger partial charge is 0.356 e. The smallest absolute Gasteiger partial charge is 0.253 e. The van der Waals surface area contributed by atoms with Gasteiger partial charge in [0.2, 0.25) is 5.91 Å². The van der Waals surface area contributed by atoms with Crippen molar-refractivity contribution in [3.63, 3.8) is 0 Å². The van der Waals surface area contributed by atoms with Crippen molar-refractivity contribution in [3.8, 4) is 0 Å². The van der Waals surface area contributed by atoms with Crippen molar-refractivity contribution >= 4 is 11.8 Å². The van der Waals surface area contributed by atoms with Gasteiger partial charge in [-0.1, -0.05) is 44.2 Å². The molecule has 3 rings (SSSR count). The Bertz CT molecular complexity index is 807. The SMILES string of the molecule is CC(C)CNC(=O)C1CN(C(=O)c2ccccc2)CC1c1cccc(F)c1. The second-order valence-corrected chi connectivity index (χ2v) is 7.48. The van der Waals surface area contributed by atoms with Gasteiger partial charge in [0, 0.05) is 31.1 Å². The predicted molar refractivity (Wildman–Crippen MR) is 103 cm³/mol. The first kappa shape index (κ1) is 19.1. The van der Waals surface area contributed by atoms with Crippen LogP contribution in [0.4, 0.5) is 4.39 Å². The van der Waals surface area contributed by atoms with Crippen LogP contribution in [0.2, 0.25) is 0 Å². The molecule has 0 bridgehead atoms. The van der Waals surface area contributed by atoms with E-state index in [1.54, 1.807) is 23.1 Å². The molecule has 0 saturated carbocycles. The average molecular weight is 368 g/mol. The van der Waals surface area contributed by atoms with E-state index in [4.69, 9.17) is 0 Å². The van der Waals surface area contributed by atoms with Gasteiger partial charge >= 0.3 is 0 Å². The van der Waals surface area contributed by atoms with E-state index >= 15 is 0 Å². The zero-order chi connectivity index (χ0) is 19.4. The molecule has 2 atom stereocenters. The molecule has 1 aliphatic heterocycles. The number of carbonyl (C=O) groups excluding carboxylic acids is 2. The van der Waals surface area contributed by atoms with E-state index in [1.807, 2.05) is 38.1 Å². The second-order valence-electron chi connectivity index (χ2n) is 7.48. The molecule has 142 valence electrons. The number of carbonyl (C=O) groups is 2. The number of hydrogen-bond acceptors (Lipinski definition) is 2. The molecule has 1 heterocycles. The minimum atomic E-state index is -0.391. The average Bonchev–Trinajstić information content (AvgIpc) is 3.11. The Hall–Kier alpha value is -2.69. The van der Waals surface area contributed by atoms with Crippen LogP contribution in [0.3, 0.4) is 0 Å². The Balaban J connectivity index is 1.84. The molecule has 2 amide bonds. The highest BCUT2D eigenvalue weighted by Gasteiger charge is 2.40. The third-order valence-corrected chi connectivity index (χ3v) is 4.93. The second kappa shape index (κ2) is 8.33. The fourth-order valence-electron chi connectivity index (χ4n) is 3.51. The maximum Gasteiger partial charge on any atom is 0.253 e.